The van der Waals surface area contributed by atoms with Crippen LogP contribution in [0.25, 0.3) is 0 Å². The standard InChI is InChI=1S/C11H23NS/c1-8(2)9(3)13-11-7-5-4-6-10(11)12/h8-11H,4-7,12H2,1-3H3. The maximum absolute atomic E-state index is 6.11. The largest absolute Gasteiger partial charge is 0.327 e. The van der Waals surface area contributed by atoms with E-state index in [0.717, 1.165) is 16.4 Å². The molecule has 1 rings (SSSR count). The summed E-state index contributed by atoms with van der Waals surface area (Å²) in [4.78, 5) is 0. The summed E-state index contributed by atoms with van der Waals surface area (Å²) in [6.45, 7) is 6.93. The number of thioether (sulfide) groups is 1. The minimum Gasteiger partial charge on any atom is -0.327 e. The molecule has 0 saturated heterocycles. The average molecular weight is 201 g/mol. The van der Waals surface area contributed by atoms with E-state index in [2.05, 4.69) is 32.5 Å². The van der Waals surface area contributed by atoms with Crippen LogP contribution in [0.2, 0.25) is 0 Å². The second-order valence-corrected chi connectivity index (χ2v) is 6.19. The molecule has 2 N–H and O–H groups in total. The maximum atomic E-state index is 6.11. The first-order valence-electron chi connectivity index (χ1n) is 5.52. The van der Waals surface area contributed by atoms with Crippen molar-refractivity contribution in [2.45, 2.75) is 63.0 Å². The molecule has 0 spiro atoms. The summed E-state index contributed by atoms with van der Waals surface area (Å²) in [7, 11) is 0. The van der Waals surface area contributed by atoms with Gasteiger partial charge in [-0.2, -0.15) is 11.8 Å². The Morgan fingerprint density at radius 3 is 2.31 bits per heavy atom. The number of rotatable bonds is 3. The molecule has 1 nitrogen and oxygen atoms in total. The van der Waals surface area contributed by atoms with Gasteiger partial charge >= 0.3 is 0 Å². The molecule has 78 valence electrons. The third-order valence-electron chi connectivity index (χ3n) is 3.08. The van der Waals surface area contributed by atoms with Gasteiger partial charge in [0.2, 0.25) is 0 Å². The third kappa shape index (κ3) is 3.51. The molecule has 0 aromatic heterocycles. The van der Waals surface area contributed by atoms with Crippen molar-refractivity contribution in [3.05, 3.63) is 0 Å². The normalized spacial score (nSPS) is 32.1. The van der Waals surface area contributed by atoms with E-state index >= 15 is 0 Å². The Hall–Kier alpha value is 0.310. The first-order chi connectivity index (χ1) is 6.11. The number of hydrogen-bond donors (Lipinski definition) is 1. The molecule has 0 radical (unpaired) electrons. The van der Waals surface area contributed by atoms with Gasteiger partial charge in [0.15, 0.2) is 0 Å². The molecule has 1 saturated carbocycles. The predicted octanol–water partition coefficient (Wildman–Crippen LogP) is 3.03. The summed E-state index contributed by atoms with van der Waals surface area (Å²) in [6, 6.07) is 0.458. The fourth-order valence-corrected chi connectivity index (χ4v) is 3.23. The zero-order chi connectivity index (χ0) is 9.84. The molecule has 2 heteroatoms. The van der Waals surface area contributed by atoms with Crippen molar-refractivity contribution in [2.24, 2.45) is 11.7 Å². The highest BCUT2D eigenvalue weighted by molar-refractivity contribution is 8.00. The van der Waals surface area contributed by atoms with E-state index in [4.69, 9.17) is 5.73 Å². The van der Waals surface area contributed by atoms with Gasteiger partial charge in [0, 0.05) is 16.5 Å². The van der Waals surface area contributed by atoms with E-state index in [0.29, 0.717) is 6.04 Å². The van der Waals surface area contributed by atoms with Crippen molar-refractivity contribution >= 4 is 11.8 Å². The van der Waals surface area contributed by atoms with Crippen molar-refractivity contribution in [1.82, 2.24) is 0 Å². The molecule has 0 aromatic carbocycles. The molecule has 0 aliphatic heterocycles. The van der Waals surface area contributed by atoms with Crippen molar-refractivity contribution < 1.29 is 0 Å². The Bertz CT molecular complexity index is 147. The lowest BCUT2D eigenvalue weighted by Gasteiger charge is -2.31. The summed E-state index contributed by atoms with van der Waals surface area (Å²) in [5, 5.41) is 1.49. The maximum Gasteiger partial charge on any atom is 0.0201 e. The van der Waals surface area contributed by atoms with Gasteiger partial charge in [0.25, 0.3) is 0 Å². The minimum atomic E-state index is 0.458. The van der Waals surface area contributed by atoms with Gasteiger partial charge in [-0.05, 0) is 18.8 Å². The Morgan fingerprint density at radius 2 is 1.77 bits per heavy atom. The summed E-state index contributed by atoms with van der Waals surface area (Å²) in [6.07, 6.45) is 5.30. The molecule has 1 fully saturated rings. The zero-order valence-corrected chi connectivity index (χ0v) is 9.94. The molecule has 1 aliphatic carbocycles. The Morgan fingerprint density at radius 1 is 1.15 bits per heavy atom. The summed E-state index contributed by atoms with van der Waals surface area (Å²) in [5.41, 5.74) is 6.11. The molecule has 0 aromatic rings. The second-order valence-electron chi connectivity index (χ2n) is 4.57. The van der Waals surface area contributed by atoms with E-state index in [9.17, 15) is 0 Å². The molecular formula is C11H23NS. The minimum absolute atomic E-state index is 0.458. The molecule has 13 heavy (non-hydrogen) atoms. The Labute approximate surface area is 86.8 Å². The predicted molar refractivity (Wildman–Crippen MR) is 62.1 cm³/mol. The first kappa shape index (κ1) is 11.4. The van der Waals surface area contributed by atoms with Gasteiger partial charge in [-0.3, -0.25) is 0 Å². The molecule has 0 bridgehead atoms. The van der Waals surface area contributed by atoms with Gasteiger partial charge < -0.3 is 5.73 Å². The smallest absolute Gasteiger partial charge is 0.0201 e. The fourth-order valence-electron chi connectivity index (χ4n) is 1.73. The summed E-state index contributed by atoms with van der Waals surface area (Å²) in [5.74, 6) is 0.777. The van der Waals surface area contributed by atoms with Crippen LogP contribution in [-0.4, -0.2) is 16.5 Å². The van der Waals surface area contributed by atoms with Gasteiger partial charge in [0.1, 0.15) is 0 Å². The van der Waals surface area contributed by atoms with Crippen LogP contribution >= 0.6 is 11.8 Å². The summed E-state index contributed by atoms with van der Waals surface area (Å²) < 4.78 is 0. The summed E-state index contributed by atoms with van der Waals surface area (Å²) >= 11 is 2.11. The quantitative estimate of drug-likeness (QED) is 0.759. The highest BCUT2D eigenvalue weighted by Gasteiger charge is 2.24. The molecule has 1 aliphatic rings. The topological polar surface area (TPSA) is 26.0 Å². The lowest BCUT2D eigenvalue weighted by Crippen LogP contribution is -2.36. The van der Waals surface area contributed by atoms with Gasteiger partial charge in [-0.25, -0.2) is 0 Å². The van der Waals surface area contributed by atoms with E-state index in [1.54, 1.807) is 0 Å². The third-order valence-corrected chi connectivity index (χ3v) is 4.99. The molecule has 3 unspecified atom stereocenters. The lowest BCUT2D eigenvalue weighted by molar-refractivity contribution is 0.451. The van der Waals surface area contributed by atoms with E-state index in [-0.39, 0.29) is 0 Å². The van der Waals surface area contributed by atoms with Crippen LogP contribution in [0.5, 0.6) is 0 Å². The van der Waals surface area contributed by atoms with Crippen molar-refractivity contribution in [3.63, 3.8) is 0 Å². The Balaban J connectivity index is 2.33. The van der Waals surface area contributed by atoms with Gasteiger partial charge in [-0.1, -0.05) is 33.6 Å². The van der Waals surface area contributed by atoms with Crippen LogP contribution < -0.4 is 5.73 Å². The monoisotopic (exact) mass is 201 g/mol. The fraction of sp³-hybridized carbons (Fsp3) is 1.00. The molecule has 0 heterocycles. The van der Waals surface area contributed by atoms with Gasteiger partial charge in [-0.15, -0.1) is 0 Å². The number of nitrogens with two attached hydrogens (primary N) is 1. The van der Waals surface area contributed by atoms with Gasteiger partial charge in [0.05, 0.1) is 0 Å². The van der Waals surface area contributed by atoms with Crippen LogP contribution in [0.3, 0.4) is 0 Å². The SMILES string of the molecule is CC(C)C(C)SC1CCCCC1N. The zero-order valence-electron chi connectivity index (χ0n) is 9.12. The Kier molecular flexibility index (Phi) is 4.60. The van der Waals surface area contributed by atoms with Crippen molar-refractivity contribution in [1.29, 1.82) is 0 Å². The second kappa shape index (κ2) is 5.26. The lowest BCUT2D eigenvalue weighted by atomic mass is 9.96. The van der Waals surface area contributed by atoms with E-state index in [1.807, 2.05) is 0 Å². The van der Waals surface area contributed by atoms with Crippen LogP contribution in [0, 0.1) is 5.92 Å². The van der Waals surface area contributed by atoms with Crippen molar-refractivity contribution in [2.75, 3.05) is 0 Å². The average Bonchev–Trinajstić information content (AvgIpc) is 2.08. The first-order valence-corrected chi connectivity index (χ1v) is 6.46. The van der Waals surface area contributed by atoms with Crippen molar-refractivity contribution in [3.8, 4) is 0 Å². The molecule has 3 atom stereocenters. The highest BCUT2D eigenvalue weighted by atomic mass is 32.2. The number of hydrogen-bond acceptors (Lipinski definition) is 2. The van der Waals surface area contributed by atoms with E-state index < -0.39 is 0 Å². The van der Waals surface area contributed by atoms with E-state index in [1.165, 1.54) is 25.7 Å². The highest BCUT2D eigenvalue weighted by Crippen LogP contribution is 2.32. The van der Waals surface area contributed by atoms with Crippen LogP contribution in [0.1, 0.15) is 46.5 Å². The molecular weight excluding hydrogens is 178 g/mol. The van der Waals surface area contributed by atoms with Crippen LogP contribution in [0.4, 0.5) is 0 Å². The molecule has 0 amide bonds. The van der Waals surface area contributed by atoms with Crippen LogP contribution in [-0.2, 0) is 0 Å². The van der Waals surface area contributed by atoms with Crippen LogP contribution in [0.15, 0.2) is 0 Å².